The molecule has 2 atom stereocenters. The largest absolute Gasteiger partial charge is 0.389 e. The predicted octanol–water partition coefficient (Wildman–Crippen LogP) is 0.113. The number of aliphatic hydroxyl groups is 1. The Kier molecular flexibility index (Phi) is 4.63. The van der Waals surface area contributed by atoms with Crippen molar-refractivity contribution >= 4 is 11.7 Å². The molecule has 3 rings (SSSR count). The lowest BCUT2D eigenvalue weighted by Gasteiger charge is -2.36. The van der Waals surface area contributed by atoms with E-state index in [9.17, 15) is 9.90 Å². The minimum atomic E-state index is -0.744. The van der Waals surface area contributed by atoms with Crippen molar-refractivity contribution in [1.82, 2.24) is 20.3 Å². The molecule has 0 spiro atoms. The summed E-state index contributed by atoms with van der Waals surface area (Å²) in [7, 11) is 0. The number of hydrogen-bond acceptors (Lipinski definition) is 7. The second-order valence-corrected chi connectivity index (χ2v) is 5.47. The highest BCUT2D eigenvalue weighted by Crippen LogP contribution is 2.19. The summed E-state index contributed by atoms with van der Waals surface area (Å²) in [6.07, 6.45) is 4.14. The third-order valence-electron chi connectivity index (χ3n) is 3.87. The van der Waals surface area contributed by atoms with E-state index in [0.717, 1.165) is 0 Å². The average molecular weight is 324 g/mol. The summed E-state index contributed by atoms with van der Waals surface area (Å²) in [6, 6.07) is 6.82. The number of rotatable bonds is 3. The minimum absolute atomic E-state index is 0.218. The first-order chi connectivity index (χ1) is 11.7. The van der Waals surface area contributed by atoms with Gasteiger partial charge in [0.15, 0.2) is 0 Å². The van der Waals surface area contributed by atoms with Gasteiger partial charge in [-0.25, -0.2) is 9.97 Å². The Morgan fingerprint density at radius 2 is 2.29 bits per heavy atom. The molecule has 2 aromatic heterocycles. The molecule has 8 heteroatoms. The number of aromatic nitrogens is 3. The standard InChI is InChI=1S/C16H16N6O2/c17-8-11-2-1-3-15(20-11)22-7-4-12(14(23)10-22)21-16(24)13-9-18-5-6-19-13/h1-3,5-6,9,12,14,23H,4,7,10H2,(H,21,24)/t12-,14-/m1/s1. The molecule has 1 amide bonds. The van der Waals surface area contributed by atoms with Crippen molar-refractivity contribution in [3.05, 3.63) is 48.2 Å². The lowest BCUT2D eigenvalue weighted by Crippen LogP contribution is -2.54. The molecule has 1 aliphatic rings. The number of carbonyl (C=O) groups excluding carboxylic acids is 1. The van der Waals surface area contributed by atoms with Crippen molar-refractivity contribution in [3.8, 4) is 6.07 Å². The van der Waals surface area contributed by atoms with E-state index in [1.54, 1.807) is 18.2 Å². The number of nitriles is 1. The number of piperidine rings is 1. The summed E-state index contributed by atoms with van der Waals surface area (Å²) in [6.45, 7) is 0.942. The van der Waals surface area contributed by atoms with E-state index in [4.69, 9.17) is 5.26 Å². The third kappa shape index (κ3) is 3.47. The van der Waals surface area contributed by atoms with E-state index >= 15 is 0 Å². The van der Waals surface area contributed by atoms with Crippen molar-refractivity contribution in [2.45, 2.75) is 18.6 Å². The number of anilines is 1. The zero-order chi connectivity index (χ0) is 16.9. The number of aliphatic hydroxyl groups excluding tert-OH is 1. The first kappa shape index (κ1) is 15.8. The second kappa shape index (κ2) is 7.02. The van der Waals surface area contributed by atoms with Crippen LogP contribution >= 0.6 is 0 Å². The molecular formula is C16H16N6O2. The van der Waals surface area contributed by atoms with Crippen LogP contribution in [-0.2, 0) is 0 Å². The molecule has 0 aromatic carbocycles. The number of nitrogens with zero attached hydrogens (tertiary/aromatic N) is 5. The zero-order valence-electron chi connectivity index (χ0n) is 12.8. The number of amides is 1. The van der Waals surface area contributed by atoms with Gasteiger partial charge in [0.1, 0.15) is 23.3 Å². The van der Waals surface area contributed by atoms with Crippen LogP contribution in [0.1, 0.15) is 22.6 Å². The Bertz CT molecular complexity index is 761. The van der Waals surface area contributed by atoms with E-state index in [1.165, 1.54) is 18.6 Å². The Hall–Kier alpha value is -3.05. The summed E-state index contributed by atoms with van der Waals surface area (Å²) in [5, 5.41) is 22.0. The van der Waals surface area contributed by atoms with Crippen LogP contribution in [0.5, 0.6) is 0 Å². The van der Waals surface area contributed by atoms with Gasteiger partial charge < -0.3 is 15.3 Å². The molecule has 0 aliphatic carbocycles. The molecule has 122 valence electrons. The zero-order valence-corrected chi connectivity index (χ0v) is 12.8. The van der Waals surface area contributed by atoms with Crippen molar-refractivity contribution in [1.29, 1.82) is 5.26 Å². The number of pyridine rings is 1. The number of β-amino-alcohol motifs (C(OH)–C–C–N with tert-alkyl or cyclic N) is 1. The van der Waals surface area contributed by atoms with Gasteiger partial charge in [0, 0.05) is 25.5 Å². The summed E-state index contributed by atoms with van der Waals surface area (Å²) in [4.78, 5) is 26.0. The molecule has 0 radical (unpaired) electrons. The Morgan fingerprint density at radius 1 is 1.42 bits per heavy atom. The van der Waals surface area contributed by atoms with Gasteiger partial charge in [-0.15, -0.1) is 0 Å². The van der Waals surface area contributed by atoms with Crippen LogP contribution in [0.25, 0.3) is 0 Å². The third-order valence-corrected chi connectivity index (χ3v) is 3.87. The molecule has 1 fully saturated rings. The van der Waals surface area contributed by atoms with Crippen LogP contribution in [0.2, 0.25) is 0 Å². The lowest BCUT2D eigenvalue weighted by atomic mass is 10.0. The van der Waals surface area contributed by atoms with Crippen LogP contribution < -0.4 is 10.2 Å². The molecule has 0 saturated carbocycles. The van der Waals surface area contributed by atoms with Crippen molar-refractivity contribution in [3.63, 3.8) is 0 Å². The molecule has 2 N–H and O–H groups in total. The predicted molar refractivity (Wildman–Crippen MR) is 85.1 cm³/mol. The van der Waals surface area contributed by atoms with Crippen LogP contribution in [0.15, 0.2) is 36.8 Å². The molecule has 8 nitrogen and oxygen atoms in total. The molecule has 0 bridgehead atoms. The molecule has 1 aliphatic heterocycles. The fourth-order valence-electron chi connectivity index (χ4n) is 2.63. The monoisotopic (exact) mass is 324 g/mol. The smallest absolute Gasteiger partial charge is 0.271 e. The first-order valence-electron chi connectivity index (χ1n) is 7.54. The van der Waals surface area contributed by atoms with Crippen LogP contribution in [0.4, 0.5) is 5.82 Å². The molecular weight excluding hydrogens is 308 g/mol. The highest BCUT2D eigenvalue weighted by molar-refractivity contribution is 5.92. The summed E-state index contributed by atoms with van der Waals surface area (Å²) in [5.74, 6) is 0.289. The topological polar surface area (TPSA) is 115 Å². The summed E-state index contributed by atoms with van der Waals surface area (Å²) < 4.78 is 0. The number of nitrogens with one attached hydrogen (secondary N) is 1. The van der Waals surface area contributed by atoms with Crippen molar-refractivity contribution < 1.29 is 9.90 Å². The second-order valence-electron chi connectivity index (χ2n) is 5.47. The summed E-state index contributed by atoms with van der Waals surface area (Å²) in [5.41, 5.74) is 0.551. The van der Waals surface area contributed by atoms with E-state index < -0.39 is 6.10 Å². The highest BCUT2D eigenvalue weighted by Gasteiger charge is 2.30. The fraction of sp³-hybridized carbons (Fsp3) is 0.312. The number of carbonyl (C=O) groups is 1. The van der Waals surface area contributed by atoms with Crippen LogP contribution in [0, 0.1) is 11.3 Å². The molecule has 3 heterocycles. The Balaban J connectivity index is 1.63. The Labute approximate surface area is 138 Å². The van der Waals surface area contributed by atoms with Gasteiger partial charge in [-0.1, -0.05) is 6.07 Å². The van der Waals surface area contributed by atoms with Gasteiger partial charge >= 0.3 is 0 Å². The van der Waals surface area contributed by atoms with Gasteiger partial charge in [-0.3, -0.25) is 9.78 Å². The highest BCUT2D eigenvalue weighted by atomic mass is 16.3. The maximum absolute atomic E-state index is 12.1. The average Bonchev–Trinajstić information content (AvgIpc) is 2.64. The maximum atomic E-state index is 12.1. The SMILES string of the molecule is N#Cc1cccc(N2CC[C@@H](NC(=O)c3cnccn3)[C@H](O)C2)n1. The fourth-order valence-corrected chi connectivity index (χ4v) is 2.63. The van der Waals surface area contributed by atoms with E-state index in [2.05, 4.69) is 20.3 Å². The molecule has 24 heavy (non-hydrogen) atoms. The lowest BCUT2D eigenvalue weighted by molar-refractivity contribution is 0.0793. The maximum Gasteiger partial charge on any atom is 0.271 e. The van der Waals surface area contributed by atoms with Gasteiger partial charge in [0.05, 0.1) is 18.3 Å². The normalized spacial score (nSPS) is 20.2. The van der Waals surface area contributed by atoms with Gasteiger partial charge in [-0.05, 0) is 18.6 Å². The van der Waals surface area contributed by atoms with Crippen molar-refractivity contribution in [2.75, 3.05) is 18.0 Å². The first-order valence-corrected chi connectivity index (χ1v) is 7.54. The summed E-state index contributed by atoms with van der Waals surface area (Å²) >= 11 is 0. The van der Waals surface area contributed by atoms with Gasteiger partial charge in [0.25, 0.3) is 5.91 Å². The van der Waals surface area contributed by atoms with E-state index in [0.29, 0.717) is 31.0 Å². The Morgan fingerprint density at radius 3 is 3.00 bits per heavy atom. The van der Waals surface area contributed by atoms with Gasteiger partial charge in [0.2, 0.25) is 0 Å². The minimum Gasteiger partial charge on any atom is -0.389 e. The van der Waals surface area contributed by atoms with Crippen LogP contribution in [-0.4, -0.2) is 51.2 Å². The number of hydrogen-bond donors (Lipinski definition) is 2. The quantitative estimate of drug-likeness (QED) is 0.823. The van der Waals surface area contributed by atoms with Crippen LogP contribution in [0.3, 0.4) is 0 Å². The van der Waals surface area contributed by atoms with E-state index in [1.807, 2.05) is 11.0 Å². The molecule has 0 unspecified atom stereocenters. The van der Waals surface area contributed by atoms with Gasteiger partial charge in [-0.2, -0.15) is 5.26 Å². The van der Waals surface area contributed by atoms with Crippen molar-refractivity contribution in [2.24, 2.45) is 0 Å². The van der Waals surface area contributed by atoms with E-state index in [-0.39, 0.29) is 17.6 Å². The molecule has 2 aromatic rings. The molecule has 1 saturated heterocycles.